The monoisotopic (exact) mass is 258 g/mol. The van der Waals surface area contributed by atoms with E-state index < -0.39 is 21.3 Å². The lowest BCUT2D eigenvalue weighted by molar-refractivity contribution is 0.581. The summed E-state index contributed by atoms with van der Waals surface area (Å²) in [6.45, 7) is 1.64. The Bertz CT molecular complexity index is 767. The summed E-state index contributed by atoms with van der Waals surface area (Å²) in [6.07, 6.45) is 1.52. The second-order valence-corrected chi connectivity index (χ2v) is 5.38. The molecule has 2 rings (SSSR count). The molecule has 8 nitrogen and oxygen atoms in total. The van der Waals surface area contributed by atoms with Gasteiger partial charge in [0.25, 0.3) is 5.56 Å². The number of rotatable bonds is 3. The molecule has 17 heavy (non-hydrogen) atoms. The van der Waals surface area contributed by atoms with Crippen LogP contribution < -0.4 is 11.2 Å². The first-order valence-electron chi connectivity index (χ1n) is 4.89. The van der Waals surface area contributed by atoms with E-state index in [0.717, 1.165) is 0 Å². The van der Waals surface area contributed by atoms with Crippen molar-refractivity contribution in [3.63, 3.8) is 0 Å². The molecule has 2 N–H and O–H groups in total. The predicted molar refractivity (Wildman–Crippen MR) is 60.5 cm³/mol. The van der Waals surface area contributed by atoms with Crippen LogP contribution in [0.3, 0.4) is 0 Å². The van der Waals surface area contributed by atoms with Gasteiger partial charge >= 0.3 is 5.69 Å². The van der Waals surface area contributed by atoms with Crippen LogP contribution in [0.4, 0.5) is 0 Å². The number of hydrogen-bond acceptors (Lipinski definition) is 5. The Labute approximate surface area is 95.4 Å². The number of nitrogens with one attached hydrogen (secondary N) is 2. The zero-order valence-corrected chi connectivity index (χ0v) is 9.74. The maximum Gasteiger partial charge on any atom is 0.344 e. The molecule has 0 aliphatic carbocycles. The van der Waals surface area contributed by atoms with Gasteiger partial charge in [0.2, 0.25) is 10.0 Å². The van der Waals surface area contributed by atoms with Crippen LogP contribution >= 0.6 is 0 Å². The molecule has 0 atom stereocenters. The van der Waals surface area contributed by atoms with E-state index in [1.165, 1.54) is 6.33 Å². The predicted octanol–water partition coefficient (Wildman–Crippen LogP) is -0.999. The number of nitrogens with zero attached hydrogens (tertiary/aromatic N) is 2. The maximum atomic E-state index is 11.8. The van der Waals surface area contributed by atoms with Gasteiger partial charge in [-0.3, -0.25) is 9.78 Å². The van der Waals surface area contributed by atoms with E-state index in [0.29, 0.717) is 6.42 Å². The summed E-state index contributed by atoms with van der Waals surface area (Å²) in [6, 6.07) is 0. The molecule has 0 aromatic carbocycles. The maximum absolute atomic E-state index is 11.8. The van der Waals surface area contributed by atoms with Gasteiger partial charge in [-0.1, -0.05) is 6.92 Å². The van der Waals surface area contributed by atoms with Crippen molar-refractivity contribution >= 4 is 21.2 Å². The van der Waals surface area contributed by atoms with Gasteiger partial charge in [0, 0.05) is 0 Å². The molecule has 0 aliphatic heterocycles. The molecular weight excluding hydrogens is 248 g/mol. The zero-order valence-electron chi connectivity index (χ0n) is 8.93. The van der Waals surface area contributed by atoms with Crippen LogP contribution in [0.5, 0.6) is 0 Å². The summed E-state index contributed by atoms with van der Waals surface area (Å²) in [5.41, 5.74) is -1.90. The average Bonchev–Trinajstić information content (AvgIpc) is 2.64. The minimum Gasteiger partial charge on any atom is -0.339 e. The average molecular weight is 258 g/mol. The number of imidazole rings is 1. The van der Waals surface area contributed by atoms with E-state index in [4.69, 9.17) is 0 Å². The van der Waals surface area contributed by atoms with Gasteiger partial charge in [-0.05, 0) is 6.42 Å². The van der Waals surface area contributed by atoms with Gasteiger partial charge in [0.1, 0.15) is 0 Å². The smallest absolute Gasteiger partial charge is 0.339 e. The summed E-state index contributed by atoms with van der Waals surface area (Å²) in [4.78, 5) is 31.8. The van der Waals surface area contributed by atoms with Crippen molar-refractivity contribution in [3.05, 3.63) is 27.2 Å². The van der Waals surface area contributed by atoms with Crippen LogP contribution in [0.1, 0.15) is 13.3 Å². The van der Waals surface area contributed by atoms with Crippen molar-refractivity contribution in [1.29, 1.82) is 0 Å². The molecule has 0 radical (unpaired) electrons. The molecule has 2 aromatic rings. The zero-order chi connectivity index (χ0) is 12.6. The SMILES string of the molecule is CCCS(=O)(=O)n1c(=O)[nH]c2nc[nH]c2c1=O. The molecule has 9 heteroatoms. The summed E-state index contributed by atoms with van der Waals surface area (Å²) in [5, 5.41) is 0. The van der Waals surface area contributed by atoms with E-state index in [1.807, 2.05) is 0 Å². The summed E-state index contributed by atoms with van der Waals surface area (Å²) < 4.78 is 23.7. The van der Waals surface area contributed by atoms with Gasteiger partial charge in [-0.2, -0.15) is 0 Å². The molecule has 0 amide bonds. The molecule has 0 saturated carbocycles. The lowest BCUT2D eigenvalue weighted by Gasteiger charge is -2.04. The van der Waals surface area contributed by atoms with Gasteiger partial charge in [0.15, 0.2) is 11.2 Å². The third kappa shape index (κ3) is 1.78. The highest BCUT2D eigenvalue weighted by molar-refractivity contribution is 7.89. The molecule has 0 aliphatic rings. The molecular formula is C8H10N4O4S. The van der Waals surface area contributed by atoms with E-state index in [2.05, 4.69) is 15.0 Å². The fraction of sp³-hybridized carbons (Fsp3) is 0.375. The van der Waals surface area contributed by atoms with E-state index in [9.17, 15) is 18.0 Å². The fourth-order valence-electron chi connectivity index (χ4n) is 1.50. The Morgan fingerprint density at radius 2 is 2.12 bits per heavy atom. The molecule has 2 heterocycles. The number of aromatic nitrogens is 4. The highest BCUT2D eigenvalue weighted by atomic mass is 32.2. The van der Waals surface area contributed by atoms with Crippen molar-refractivity contribution in [2.75, 3.05) is 5.75 Å². The van der Waals surface area contributed by atoms with Crippen LogP contribution in [-0.2, 0) is 10.0 Å². The molecule has 0 fully saturated rings. The lowest BCUT2D eigenvalue weighted by Crippen LogP contribution is -2.41. The summed E-state index contributed by atoms with van der Waals surface area (Å²) >= 11 is 0. The van der Waals surface area contributed by atoms with Gasteiger partial charge in [0.05, 0.1) is 12.1 Å². The number of fused-ring (bicyclic) bond motifs is 1. The minimum absolute atomic E-state index is 0.0377. The molecule has 0 unspecified atom stereocenters. The van der Waals surface area contributed by atoms with Gasteiger partial charge in [-0.25, -0.2) is 18.2 Å². The van der Waals surface area contributed by atoms with Crippen LogP contribution in [-0.4, -0.2) is 33.1 Å². The summed E-state index contributed by atoms with van der Waals surface area (Å²) in [7, 11) is -3.93. The summed E-state index contributed by atoms with van der Waals surface area (Å²) in [5.74, 6) is -0.268. The second-order valence-electron chi connectivity index (χ2n) is 3.44. The van der Waals surface area contributed by atoms with Crippen LogP contribution in [0.15, 0.2) is 15.9 Å². The molecule has 0 spiro atoms. The molecule has 92 valence electrons. The van der Waals surface area contributed by atoms with Gasteiger partial charge in [-0.15, -0.1) is 3.97 Å². The van der Waals surface area contributed by atoms with Crippen LogP contribution in [0.2, 0.25) is 0 Å². The first-order chi connectivity index (χ1) is 7.97. The second kappa shape index (κ2) is 3.84. The van der Waals surface area contributed by atoms with E-state index >= 15 is 0 Å². The minimum atomic E-state index is -3.93. The van der Waals surface area contributed by atoms with Crippen molar-refractivity contribution in [3.8, 4) is 0 Å². The topological polar surface area (TPSA) is 118 Å². The van der Waals surface area contributed by atoms with Crippen molar-refractivity contribution in [2.45, 2.75) is 13.3 Å². The van der Waals surface area contributed by atoms with E-state index in [-0.39, 0.29) is 20.9 Å². The fourth-order valence-corrected chi connectivity index (χ4v) is 2.84. The van der Waals surface area contributed by atoms with Crippen LogP contribution in [0, 0.1) is 0 Å². The first kappa shape index (κ1) is 11.6. The Morgan fingerprint density at radius 1 is 1.41 bits per heavy atom. The van der Waals surface area contributed by atoms with Crippen molar-refractivity contribution < 1.29 is 8.42 Å². The first-order valence-corrected chi connectivity index (χ1v) is 6.50. The van der Waals surface area contributed by atoms with Crippen molar-refractivity contribution in [1.82, 2.24) is 18.9 Å². The Morgan fingerprint density at radius 3 is 2.76 bits per heavy atom. The largest absolute Gasteiger partial charge is 0.344 e. The Balaban J connectivity index is 2.87. The molecule has 2 aromatic heterocycles. The highest BCUT2D eigenvalue weighted by Crippen LogP contribution is 1.98. The Kier molecular flexibility index (Phi) is 2.62. The normalized spacial score (nSPS) is 12.1. The number of aromatic amines is 2. The Hall–Kier alpha value is -1.90. The highest BCUT2D eigenvalue weighted by Gasteiger charge is 2.20. The lowest BCUT2D eigenvalue weighted by atomic mass is 10.5. The van der Waals surface area contributed by atoms with Crippen LogP contribution in [0.25, 0.3) is 11.2 Å². The third-order valence-corrected chi connectivity index (χ3v) is 4.00. The van der Waals surface area contributed by atoms with Crippen molar-refractivity contribution in [2.24, 2.45) is 0 Å². The molecule has 0 bridgehead atoms. The third-order valence-electron chi connectivity index (χ3n) is 2.19. The quantitative estimate of drug-likeness (QED) is 0.732. The molecule has 0 saturated heterocycles. The number of H-pyrrole nitrogens is 2. The number of hydrogen-bond donors (Lipinski definition) is 2. The van der Waals surface area contributed by atoms with E-state index in [1.54, 1.807) is 6.92 Å². The standard InChI is InChI=1S/C8H10N4O4S/c1-2-3-17(15,16)12-7(13)5-6(10-4-9-5)11-8(12)14/h4H,2-3H2,1H3,(H,9,10)(H,11,14). The van der Waals surface area contributed by atoms with Gasteiger partial charge < -0.3 is 4.98 Å².